The Morgan fingerprint density at radius 2 is 1.88 bits per heavy atom. The Labute approximate surface area is 155 Å². The molecular weight excluding hydrogens is 374 g/mol. The summed E-state index contributed by atoms with van der Waals surface area (Å²) < 4.78 is 29.6. The largest absolute Gasteiger partial charge is 0.456 e. The van der Waals surface area contributed by atoms with E-state index in [-0.39, 0.29) is 11.7 Å². The van der Waals surface area contributed by atoms with E-state index in [4.69, 9.17) is 4.42 Å². The first-order valence-corrected chi connectivity index (χ1v) is 10.3. The van der Waals surface area contributed by atoms with Crippen LogP contribution in [-0.4, -0.2) is 32.6 Å². The highest BCUT2D eigenvalue weighted by Crippen LogP contribution is 2.27. The Morgan fingerprint density at radius 3 is 2.46 bits per heavy atom. The number of sulfonamides is 1. The van der Waals surface area contributed by atoms with Crippen molar-refractivity contribution in [2.75, 3.05) is 22.9 Å². The van der Waals surface area contributed by atoms with Gasteiger partial charge in [-0.3, -0.25) is 14.4 Å². The van der Waals surface area contributed by atoms with Crippen molar-refractivity contribution in [2.24, 2.45) is 0 Å². The quantitative estimate of drug-likeness (QED) is 0.720. The Bertz CT molecular complexity index is 1040. The molecule has 2 heterocycles. The van der Waals surface area contributed by atoms with Crippen LogP contribution in [0.5, 0.6) is 0 Å². The lowest BCUT2D eigenvalue weighted by Gasteiger charge is -2.16. The van der Waals surface area contributed by atoms with Gasteiger partial charge in [-0.1, -0.05) is 12.1 Å². The summed E-state index contributed by atoms with van der Waals surface area (Å²) in [7, 11) is -1.81. The zero-order chi connectivity index (χ0) is 18.9. The van der Waals surface area contributed by atoms with Gasteiger partial charge in [-0.15, -0.1) is 11.3 Å². The van der Waals surface area contributed by atoms with Crippen LogP contribution in [-0.2, 0) is 10.0 Å². The molecule has 0 spiro atoms. The predicted molar refractivity (Wildman–Crippen MR) is 102 cm³/mol. The summed E-state index contributed by atoms with van der Waals surface area (Å²) in [6, 6.07) is 10.3. The summed E-state index contributed by atoms with van der Waals surface area (Å²) in [5.74, 6) is 0.533. The number of nitrogens with one attached hydrogen (secondary N) is 1. The van der Waals surface area contributed by atoms with Crippen molar-refractivity contribution in [3.63, 3.8) is 0 Å². The second kappa shape index (κ2) is 6.93. The molecule has 26 heavy (non-hydrogen) atoms. The van der Waals surface area contributed by atoms with Crippen LogP contribution in [0.2, 0.25) is 0 Å². The Kier molecular flexibility index (Phi) is 4.84. The zero-order valence-electron chi connectivity index (χ0n) is 14.4. The fraction of sp³-hybridized carbons (Fsp3) is 0.176. The third kappa shape index (κ3) is 3.94. The van der Waals surface area contributed by atoms with Crippen molar-refractivity contribution >= 4 is 38.1 Å². The van der Waals surface area contributed by atoms with Crippen LogP contribution in [0.3, 0.4) is 0 Å². The first-order chi connectivity index (χ1) is 12.2. The standard InChI is InChI=1S/C17H17N3O4S2/c1-11-4-9-15(24-11)16(21)19-17-18-14(10-25-17)12-5-7-13(8-6-12)20(2)26(3,22)23/h4-10H,1-3H3,(H,18,19,21). The summed E-state index contributed by atoms with van der Waals surface area (Å²) in [5.41, 5.74) is 2.07. The minimum atomic E-state index is -3.30. The number of carbonyl (C=O) groups is 1. The van der Waals surface area contributed by atoms with Crippen LogP contribution in [0, 0.1) is 6.92 Å². The van der Waals surface area contributed by atoms with Crippen molar-refractivity contribution in [1.29, 1.82) is 0 Å². The maximum atomic E-state index is 12.1. The van der Waals surface area contributed by atoms with E-state index in [0.29, 0.717) is 22.3 Å². The average Bonchev–Trinajstić information content (AvgIpc) is 3.22. The average molecular weight is 391 g/mol. The topological polar surface area (TPSA) is 92.5 Å². The first-order valence-electron chi connectivity index (χ1n) is 7.62. The van der Waals surface area contributed by atoms with E-state index in [0.717, 1.165) is 11.8 Å². The maximum Gasteiger partial charge on any atom is 0.293 e. The van der Waals surface area contributed by atoms with E-state index in [2.05, 4.69) is 10.3 Å². The molecule has 0 saturated heterocycles. The van der Waals surface area contributed by atoms with Gasteiger partial charge in [-0.05, 0) is 31.2 Å². The normalized spacial score (nSPS) is 11.3. The van der Waals surface area contributed by atoms with Crippen LogP contribution in [0.15, 0.2) is 46.2 Å². The smallest absolute Gasteiger partial charge is 0.293 e. The van der Waals surface area contributed by atoms with Crippen molar-refractivity contribution in [3.05, 3.63) is 53.3 Å². The third-order valence-corrected chi connectivity index (χ3v) is 5.68. The monoisotopic (exact) mass is 391 g/mol. The molecule has 3 rings (SSSR count). The van der Waals surface area contributed by atoms with Gasteiger partial charge in [0, 0.05) is 18.0 Å². The second-order valence-electron chi connectivity index (χ2n) is 5.68. The molecule has 0 unspecified atom stereocenters. The van der Waals surface area contributed by atoms with Crippen LogP contribution >= 0.6 is 11.3 Å². The molecule has 7 nitrogen and oxygen atoms in total. The van der Waals surface area contributed by atoms with Gasteiger partial charge in [-0.2, -0.15) is 0 Å². The Morgan fingerprint density at radius 1 is 1.19 bits per heavy atom. The van der Waals surface area contributed by atoms with Crippen LogP contribution < -0.4 is 9.62 Å². The molecule has 2 aromatic heterocycles. The summed E-state index contributed by atoms with van der Waals surface area (Å²) >= 11 is 1.30. The summed E-state index contributed by atoms with van der Waals surface area (Å²) in [4.78, 5) is 16.5. The number of rotatable bonds is 5. The van der Waals surface area contributed by atoms with Gasteiger partial charge in [0.15, 0.2) is 10.9 Å². The van der Waals surface area contributed by atoms with Crippen LogP contribution in [0.25, 0.3) is 11.3 Å². The molecule has 0 fully saturated rings. The highest BCUT2D eigenvalue weighted by atomic mass is 32.2. The van der Waals surface area contributed by atoms with Gasteiger partial charge in [0.25, 0.3) is 5.91 Å². The lowest BCUT2D eigenvalue weighted by molar-refractivity contribution is 0.0995. The Balaban J connectivity index is 1.74. The maximum absolute atomic E-state index is 12.1. The fourth-order valence-corrected chi connectivity index (χ4v) is 3.43. The van der Waals surface area contributed by atoms with Gasteiger partial charge in [0.2, 0.25) is 10.0 Å². The van der Waals surface area contributed by atoms with E-state index in [9.17, 15) is 13.2 Å². The van der Waals surface area contributed by atoms with Crippen molar-refractivity contribution < 1.29 is 17.6 Å². The SMILES string of the molecule is Cc1ccc(C(=O)Nc2nc(-c3ccc(N(C)S(C)(=O)=O)cc3)cs2)o1. The molecule has 0 atom stereocenters. The van der Waals surface area contributed by atoms with E-state index in [1.807, 2.05) is 5.38 Å². The molecule has 136 valence electrons. The van der Waals surface area contributed by atoms with Gasteiger partial charge in [0.05, 0.1) is 17.6 Å². The molecule has 1 amide bonds. The lowest BCUT2D eigenvalue weighted by atomic mass is 10.1. The Hall–Kier alpha value is -2.65. The van der Waals surface area contributed by atoms with Crippen molar-refractivity contribution in [1.82, 2.24) is 4.98 Å². The third-order valence-electron chi connectivity index (χ3n) is 3.71. The van der Waals surface area contributed by atoms with Crippen molar-refractivity contribution in [3.8, 4) is 11.3 Å². The molecular formula is C17H17N3O4S2. The van der Waals surface area contributed by atoms with Crippen LogP contribution in [0.1, 0.15) is 16.3 Å². The molecule has 0 bridgehead atoms. The highest BCUT2D eigenvalue weighted by molar-refractivity contribution is 7.92. The van der Waals surface area contributed by atoms with E-state index < -0.39 is 10.0 Å². The number of hydrogen-bond acceptors (Lipinski definition) is 6. The lowest BCUT2D eigenvalue weighted by Crippen LogP contribution is -2.24. The number of hydrogen-bond donors (Lipinski definition) is 1. The molecule has 0 saturated carbocycles. The number of aryl methyl sites for hydroxylation is 1. The minimum absolute atomic E-state index is 0.229. The molecule has 0 aliphatic rings. The number of furan rings is 1. The molecule has 0 aliphatic heterocycles. The predicted octanol–water partition coefficient (Wildman–Crippen LogP) is 3.36. The molecule has 0 aliphatic carbocycles. The summed E-state index contributed by atoms with van der Waals surface area (Å²) in [6.45, 7) is 1.77. The molecule has 1 aromatic carbocycles. The molecule has 0 radical (unpaired) electrons. The van der Waals surface area contributed by atoms with E-state index in [1.165, 1.54) is 22.7 Å². The van der Waals surface area contributed by atoms with Gasteiger partial charge in [0.1, 0.15) is 5.76 Å². The van der Waals surface area contributed by atoms with Crippen LogP contribution in [0.4, 0.5) is 10.8 Å². The number of carbonyl (C=O) groups excluding carboxylic acids is 1. The number of anilines is 2. The molecule has 3 aromatic rings. The zero-order valence-corrected chi connectivity index (χ0v) is 16.0. The van der Waals surface area contributed by atoms with Gasteiger partial charge < -0.3 is 4.42 Å². The number of thiazole rings is 1. The fourth-order valence-electron chi connectivity index (χ4n) is 2.21. The van der Waals surface area contributed by atoms with E-state index >= 15 is 0 Å². The van der Waals surface area contributed by atoms with Gasteiger partial charge in [-0.25, -0.2) is 13.4 Å². The number of aromatic nitrogens is 1. The molecule has 9 heteroatoms. The minimum Gasteiger partial charge on any atom is -0.456 e. The number of benzene rings is 1. The van der Waals surface area contributed by atoms with Crippen molar-refractivity contribution in [2.45, 2.75) is 6.92 Å². The van der Waals surface area contributed by atoms with Gasteiger partial charge >= 0.3 is 0 Å². The number of amides is 1. The summed E-state index contributed by atoms with van der Waals surface area (Å²) in [6.07, 6.45) is 1.15. The second-order valence-corrected chi connectivity index (χ2v) is 8.55. The number of nitrogens with zero attached hydrogens (tertiary/aromatic N) is 2. The summed E-state index contributed by atoms with van der Waals surface area (Å²) in [5, 5.41) is 4.97. The highest BCUT2D eigenvalue weighted by Gasteiger charge is 2.14. The molecule has 1 N–H and O–H groups in total. The first kappa shape index (κ1) is 18.2. The van der Waals surface area contributed by atoms with E-state index in [1.54, 1.807) is 43.3 Å².